The van der Waals surface area contributed by atoms with Gasteiger partial charge in [0.1, 0.15) is 28.9 Å². The molecule has 5 aromatic rings. The average molecular weight is 651 g/mol. The Hall–Kier alpha value is -3.11. The Labute approximate surface area is 253 Å². The quantitative estimate of drug-likeness (QED) is 0.196. The van der Waals surface area contributed by atoms with E-state index in [4.69, 9.17) is 33.3 Å². The van der Waals surface area contributed by atoms with E-state index in [2.05, 4.69) is 60.3 Å². The number of imidazole rings is 1. The number of nitrogens with zero attached hydrogens (tertiary/aromatic N) is 6. The van der Waals surface area contributed by atoms with E-state index in [1.165, 1.54) is 5.56 Å². The molecule has 0 amide bonds. The molecule has 3 heterocycles. The zero-order valence-electron chi connectivity index (χ0n) is 21.0. The standard InChI is InChI=1S/C29H22BrCl2N7S/c30-19-7-11-21(12-8-19)39-24(15-38-17-33-16-34-38)25(35-26(39)22-3-1-2-4-23(22)32)27-36-37-28(40-27)29(13-14-29)18-5-9-20(31)10-6-18/h1-12,16-17,27,36H,13-15H2. The summed E-state index contributed by atoms with van der Waals surface area (Å²) in [7, 11) is 0. The molecule has 1 aliphatic heterocycles. The van der Waals surface area contributed by atoms with E-state index >= 15 is 0 Å². The molecular weight excluding hydrogens is 629 g/mol. The maximum Gasteiger partial charge on any atom is 0.146 e. The van der Waals surface area contributed by atoms with Crippen LogP contribution in [0.5, 0.6) is 0 Å². The molecule has 1 saturated carbocycles. The molecule has 7 nitrogen and oxygen atoms in total. The minimum Gasteiger partial charge on any atom is -0.294 e. The number of aromatic nitrogens is 5. The Bertz CT molecular complexity index is 1710. The highest BCUT2D eigenvalue weighted by Gasteiger charge is 2.52. The van der Waals surface area contributed by atoms with E-state index in [0.29, 0.717) is 11.6 Å². The topological polar surface area (TPSA) is 72.9 Å². The Balaban J connectivity index is 1.34. The second kappa shape index (κ2) is 10.4. The van der Waals surface area contributed by atoms with Gasteiger partial charge >= 0.3 is 0 Å². The van der Waals surface area contributed by atoms with Crippen LogP contribution in [-0.4, -0.2) is 29.4 Å². The van der Waals surface area contributed by atoms with Gasteiger partial charge in [-0.1, -0.05) is 75.2 Å². The smallest absolute Gasteiger partial charge is 0.146 e. The molecule has 3 aromatic carbocycles. The molecule has 0 spiro atoms. The first kappa shape index (κ1) is 25.8. The van der Waals surface area contributed by atoms with Gasteiger partial charge in [-0.25, -0.2) is 14.6 Å². The highest BCUT2D eigenvalue weighted by atomic mass is 79.9. The van der Waals surface area contributed by atoms with E-state index in [-0.39, 0.29) is 10.8 Å². The van der Waals surface area contributed by atoms with Gasteiger partial charge in [-0.3, -0.25) is 9.99 Å². The molecule has 1 atom stereocenters. The third-order valence-corrected chi connectivity index (χ3v) is 9.68. The summed E-state index contributed by atoms with van der Waals surface area (Å²) in [6.07, 6.45) is 5.37. The van der Waals surface area contributed by atoms with Crippen molar-refractivity contribution in [3.8, 4) is 17.1 Å². The first-order valence-corrected chi connectivity index (χ1v) is 15.2. The molecule has 1 fully saturated rings. The van der Waals surface area contributed by atoms with Crippen molar-refractivity contribution in [3.05, 3.63) is 117 Å². The van der Waals surface area contributed by atoms with Crippen LogP contribution in [0.3, 0.4) is 0 Å². The monoisotopic (exact) mass is 649 g/mol. The predicted octanol–water partition coefficient (Wildman–Crippen LogP) is 7.63. The van der Waals surface area contributed by atoms with Gasteiger partial charge in [0.25, 0.3) is 0 Å². The third-order valence-electron chi connectivity index (χ3n) is 7.30. The number of halogens is 3. The van der Waals surface area contributed by atoms with Crippen LogP contribution in [0.1, 0.15) is 35.2 Å². The van der Waals surface area contributed by atoms with Crippen LogP contribution in [0.15, 0.2) is 95.0 Å². The predicted molar refractivity (Wildman–Crippen MR) is 164 cm³/mol. The average Bonchev–Trinajstić information content (AvgIpc) is 3.29. The fourth-order valence-corrected chi connectivity index (χ4v) is 7.02. The number of rotatable bonds is 7. The van der Waals surface area contributed by atoms with Crippen molar-refractivity contribution >= 4 is 55.9 Å². The van der Waals surface area contributed by atoms with Gasteiger partial charge < -0.3 is 0 Å². The highest BCUT2D eigenvalue weighted by Crippen LogP contribution is 2.55. The van der Waals surface area contributed by atoms with Gasteiger partial charge in [-0.05, 0) is 66.9 Å². The van der Waals surface area contributed by atoms with E-state index in [1.807, 2.05) is 53.2 Å². The SMILES string of the molecule is Clc1ccc(C2(C3=NNC(c4nc(-c5ccccc5Cl)n(-c5ccc(Br)cc5)c4Cn4cncn4)S3)CC2)cc1. The van der Waals surface area contributed by atoms with Crippen LogP contribution in [0.2, 0.25) is 10.0 Å². The molecule has 0 radical (unpaired) electrons. The highest BCUT2D eigenvalue weighted by molar-refractivity contribution is 9.10. The Morgan fingerprint density at radius 3 is 2.48 bits per heavy atom. The van der Waals surface area contributed by atoms with Crippen molar-refractivity contribution in [3.63, 3.8) is 0 Å². The molecule has 2 aromatic heterocycles. The summed E-state index contributed by atoms with van der Waals surface area (Å²) in [5.74, 6) is 0.757. The number of hydrogen-bond donors (Lipinski definition) is 1. The Morgan fingerprint density at radius 2 is 1.77 bits per heavy atom. The molecule has 7 rings (SSSR count). The van der Waals surface area contributed by atoms with Crippen molar-refractivity contribution in [1.82, 2.24) is 29.7 Å². The number of thioether (sulfide) groups is 1. The van der Waals surface area contributed by atoms with Gasteiger partial charge in [-0.2, -0.15) is 10.2 Å². The lowest BCUT2D eigenvalue weighted by molar-refractivity contribution is 0.641. The second-order valence-electron chi connectivity index (χ2n) is 9.79. The Morgan fingerprint density at radius 1 is 1.00 bits per heavy atom. The second-order valence-corrected chi connectivity index (χ2v) is 12.6. The normalized spacial score (nSPS) is 17.5. The molecule has 40 heavy (non-hydrogen) atoms. The van der Waals surface area contributed by atoms with Crippen LogP contribution in [-0.2, 0) is 12.0 Å². The van der Waals surface area contributed by atoms with Crippen LogP contribution in [0.25, 0.3) is 17.1 Å². The van der Waals surface area contributed by atoms with Crippen molar-refractivity contribution in [2.75, 3.05) is 0 Å². The van der Waals surface area contributed by atoms with Crippen LogP contribution < -0.4 is 5.43 Å². The lowest BCUT2D eigenvalue weighted by atomic mass is 9.97. The van der Waals surface area contributed by atoms with Gasteiger partial charge in [-0.15, -0.1) is 0 Å². The molecule has 0 saturated heterocycles. The summed E-state index contributed by atoms with van der Waals surface area (Å²) in [4.78, 5) is 9.43. The van der Waals surface area contributed by atoms with Gasteiger partial charge in [0.2, 0.25) is 0 Å². The minimum absolute atomic E-state index is 0.0804. The summed E-state index contributed by atoms with van der Waals surface area (Å²) in [5.41, 5.74) is 8.23. The first-order chi connectivity index (χ1) is 19.5. The summed E-state index contributed by atoms with van der Waals surface area (Å²) in [5, 5.41) is 11.5. The van der Waals surface area contributed by atoms with Crippen molar-refractivity contribution in [1.29, 1.82) is 0 Å². The summed E-state index contributed by atoms with van der Waals surface area (Å²) in [6.45, 7) is 0.471. The van der Waals surface area contributed by atoms with E-state index in [0.717, 1.165) is 55.8 Å². The minimum atomic E-state index is -0.184. The zero-order chi connectivity index (χ0) is 27.3. The molecule has 1 aliphatic carbocycles. The van der Waals surface area contributed by atoms with E-state index in [1.54, 1.807) is 24.4 Å². The van der Waals surface area contributed by atoms with Crippen LogP contribution in [0, 0.1) is 0 Å². The molecule has 200 valence electrons. The number of benzene rings is 3. The van der Waals surface area contributed by atoms with Crippen molar-refractivity contribution < 1.29 is 0 Å². The zero-order valence-corrected chi connectivity index (χ0v) is 24.9. The summed E-state index contributed by atoms with van der Waals surface area (Å²) >= 11 is 18.2. The molecular formula is C29H22BrCl2N7S. The maximum absolute atomic E-state index is 6.74. The molecule has 1 N–H and O–H groups in total. The number of nitrogens with one attached hydrogen (secondary N) is 1. The Kier molecular flexibility index (Phi) is 6.70. The fourth-order valence-electron chi connectivity index (χ4n) is 5.13. The first-order valence-electron chi connectivity index (χ1n) is 12.7. The summed E-state index contributed by atoms with van der Waals surface area (Å²) < 4.78 is 4.97. The molecule has 1 unspecified atom stereocenters. The van der Waals surface area contributed by atoms with Crippen LogP contribution >= 0.6 is 50.9 Å². The largest absolute Gasteiger partial charge is 0.294 e. The lowest BCUT2D eigenvalue weighted by Gasteiger charge is -2.16. The van der Waals surface area contributed by atoms with Gasteiger partial charge in [0.05, 0.1) is 23.0 Å². The summed E-state index contributed by atoms with van der Waals surface area (Å²) in [6, 6.07) is 24.1. The van der Waals surface area contributed by atoms with Crippen molar-refractivity contribution in [2.24, 2.45) is 5.10 Å². The van der Waals surface area contributed by atoms with Crippen molar-refractivity contribution in [2.45, 2.75) is 30.2 Å². The van der Waals surface area contributed by atoms with E-state index < -0.39 is 0 Å². The van der Waals surface area contributed by atoms with E-state index in [9.17, 15) is 0 Å². The number of hydrazone groups is 1. The maximum atomic E-state index is 6.74. The number of hydrogen-bond acceptors (Lipinski definition) is 6. The lowest BCUT2D eigenvalue weighted by Crippen LogP contribution is -2.16. The molecule has 2 aliphatic rings. The molecule has 11 heteroatoms. The molecule has 0 bridgehead atoms. The van der Waals surface area contributed by atoms with Gasteiger partial charge in [0, 0.05) is 26.2 Å². The van der Waals surface area contributed by atoms with Gasteiger partial charge in [0.15, 0.2) is 0 Å². The van der Waals surface area contributed by atoms with Crippen LogP contribution in [0.4, 0.5) is 0 Å². The third kappa shape index (κ3) is 4.64. The fraction of sp³-hybridized carbons (Fsp3) is 0.172.